The van der Waals surface area contributed by atoms with Crippen LogP contribution in [0.3, 0.4) is 0 Å². The van der Waals surface area contributed by atoms with Crippen molar-refractivity contribution in [3.63, 3.8) is 0 Å². The molecule has 0 aliphatic heterocycles. The SMILES string of the molecule is C[C@H](NC(=O)c1c[nH]c2ncc(-c3ccc(C(=O)Cc4ccccc4)s3)nc12)C(C)(C)C. The average Bonchev–Trinajstić information content (AvgIpc) is 3.41. The summed E-state index contributed by atoms with van der Waals surface area (Å²) in [4.78, 5) is 39.2. The summed E-state index contributed by atoms with van der Waals surface area (Å²) in [7, 11) is 0. The molecule has 164 valence electrons. The van der Waals surface area contributed by atoms with Gasteiger partial charge in [-0.2, -0.15) is 0 Å². The zero-order valence-electron chi connectivity index (χ0n) is 18.6. The molecular weight excluding hydrogens is 420 g/mol. The number of carbonyl (C=O) groups is 2. The molecular formula is C25H26N4O2S. The van der Waals surface area contributed by atoms with Gasteiger partial charge in [0.25, 0.3) is 5.91 Å². The van der Waals surface area contributed by atoms with E-state index in [1.54, 1.807) is 12.4 Å². The summed E-state index contributed by atoms with van der Waals surface area (Å²) in [6.45, 7) is 8.24. The van der Waals surface area contributed by atoms with Crippen LogP contribution in [0.5, 0.6) is 0 Å². The van der Waals surface area contributed by atoms with E-state index in [4.69, 9.17) is 4.98 Å². The summed E-state index contributed by atoms with van der Waals surface area (Å²) in [5, 5.41) is 3.05. The Hall–Kier alpha value is -3.32. The van der Waals surface area contributed by atoms with Crippen molar-refractivity contribution in [3.8, 4) is 10.6 Å². The second-order valence-corrected chi connectivity index (χ2v) is 10.0. The first-order valence-electron chi connectivity index (χ1n) is 10.5. The van der Waals surface area contributed by atoms with Gasteiger partial charge >= 0.3 is 0 Å². The van der Waals surface area contributed by atoms with E-state index in [0.29, 0.717) is 33.7 Å². The Balaban J connectivity index is 1.57. The fourth-order valence-corrected chi connectivity index (χ4v) is 4.07. The summed E-state index contributed by atoms with van der Waals surface area (Å²) in [6.07, 6.45) is 3.66. The van der Waals surface area contributed by atoms with E-state index >= 15 is 0 Å². The van der Waals surface area contributed by atoms with Crippen LogP contribution in [0.25, 0.3) is 21.7 Å². The molecule has 0 fully saturated rings. The van der Waals surface area contributed by atoms with E-state index in [2.05, 4.69) is 36.1 Å². The quantitative estimate of drug-likeness (QED) is 0.395. The smallest absolute Gasteiger partial charge is 0.255 e. The first-order valence-corrected chi connectivity index (χ1v) is 11.4. The molecule has 32 heavy (non-hydrogen) atoms. The fourth-order valence-electron chi connectivity index (χ4n) is 3.17. The molecule has 1 aromatic carbocycles. The van der Waals surface area contributed by atoms with Crippen molar-refractivity contribution in [1.29, 1.82) is 0 Å². The van der Waals surface area contributed by atoms with Crippen LogP contribution in [0.15, 0.2) is 54.9 Å². The summed E-state index contributed by atoms with van der Waals surface area (Å²) in [5.41, 5.74) is 3.10. The number of rotatable bonds is 6. The molecule has 0 bridgehead atoms. The predicted molar refractivity (Wildman–Crippen MR) is 128 cm³/mol. The van der Waals surface area contributed by atoms with Crippen LogP contribution >= 0.6 is 11.3 Å². The number of nitrogens with one attached hydrogen (secondary N) is 2. The number of amides is 1. The molecule has 1 atom stereocenters. The molecule has 0 aliphatic rings. The van der Waals surface area contributed by atoms with Gasteiger partial charge < -0.3 is 10.3 Å². The van der Waals surface area contributed by atoms with E-state index in [1.165, 1.54) is 11.3 Å². The van der Waals surface area contributed by atoms with Gasteiger partial charge in [-0.15, -0.1) is 11.3 Å². The van der Waals surface area contributed by atoms with E-state index in [0.717, 1.165) is 10.4 Å². The average molecular weight is 447 g/mol. The molecule has 0 radical (unpaired) electrons. The lowest BCUT2D eigenvalue weighted by atomic mass is 9.88. The first kappa shape index (κ1) is 21.9. The number of ketones is 1. The van der Waals surface area contributed by atoms with E-state index in [-0.39, 0.29) is 23.1 Å². The number of aromatic nitrogens is 3. The molecule has 0 unspecified atom stereocenters. The van der Waals surface area contributed by atoms with Crippen LogP contribution in [0.2, 0.25) is 0 Å². The largest absolute Gasteiger partial charge is 0.349 e. The van der Waals surface area contributed by atoms with Crippen LogP contribution in [0, 0.1) is 5.41 Å². The summed E-state index contributed by atoms with van der Waals surface area (Å²) in [6, 6.07) is 13.4. The third-order valence-corrected chi connectivity index (χ3v) is 6.76. The zero-order chi connectivity index (χ0) is 22.9. The van der Waals surface area contributed by atoms with Crippen molar-refractivity contribution in [1.82, 2.24) is 20.3 Å². The topological polar surface area (TPSA) is 87.7 Å². The zero-order valence-corrected chi connectivity index (χ0v) is 19.4. The fraction of sp³-hybridized carbons (Fsp3) is 0.280. The van der Waals surface area contributed by atoms with Crippen molar-refractivity contribution in [2.24, 2.45) is 5.41 Å². The molecule has 0 spiro atoms. The second-order valence-electron chi connectivity index (χ2n) is 8.97. The highest BCUT2D eigenvalue weighted by Crippen LogP contribution is 2.29. The Bertz CT molecular complexity index is 1270. The summed E-state index contributed by atoms with van der Waals surface area (Å²) in [5.74, 6) is -0.116. The number of carbonyl (C=O) groups excluding carboxylic acids is 2. The van der Waals surface area contributed by atoms with Gasteiger partial charge in [-0.1, -0.05) is 51.1 Å². The Kier molecular flexibility index (Phi) is 5.93. The molecule has 0 saturated heterocycles. The van der Waals surface area contributed by atoms with Gasteiger partial charge in [0, 0.05) is 18.7 Å². The highest BCUT2D eigenvalue weighted by molar-refractivity contribution is 7.17. The highest BCUT2D eigenvalue weighted by Gasteiger charge is 2.24. The van der Waals surface area contributed by atoms with E-state index in [1.807, 2.05) is 49.4 Å². The number of nitrogens with zero attached hydrogens (tertiary/aromatic N) is 2. The highest BCUT2D eigenvalue weighted by atomic mass is 32.1. The van der Waals surface area contributed by atoms with Crippen molar-refractivity contribution < 1.29 is 9.59 Å². The molecule has 6 nitrogen and oxygen atoms in total. The normalized spacial score (nSPS) is 12.6. The molecule has 3 aromatic heterocycles. The molecule has 4 rings (SSSR count). The summed E-state index contributed by atoms with van der Waals surface area (Å²) < 4.78 is 0. The number of aromatic amines is 1. The van der Waals surface area contributed by atoms with Crippen molar-refractivity contribution in [2.45, 2.75) is 40.2 Å². The maximum Gasteiger partial charge on any atom is 0.255 e. The van der Waals surface area contributed by atoms with Gasteiger partial charge in [0.05, 0.1) is 27.2 Å². The van der Waals surface area contributed by atoms with Gasteiger partial charge in [-0.25, -0.2) is 9.97 Å². The number of hydrogen-bond donors (Lipinski definition) is 2. The minimum Gasteiger partial charge on any atom is -0.349 e. The molecule has 7 heteroatoms. The molecule has 4 aromatic rings. The minimum absolute atomic E-state index is 0.00780. The maximum absolute atomic E-state index is 12.9. The Morgan fingerprint density at radius 3 is 2.59 bits per heavy atom. The summed E-state index contributed by atoms with van der Waals surface area (Å²) >= 11 is 1.39. The lowest BCUT2D eigenvalue weighted by molar-refractivity contribution is 0.0911. The van der Waals surface area contributed by atoms with Gasteiger partial charge in [0.2, 0.25) is 0 Å². The second kappa shape index (κ2) is 8.67. The van der Waals surface area contributed by atoms with E-state index < -0.39 is 0 Å². The van der Waals surface area contributed by atoms with Gasteiger partial charge in [0.1, 0.15) is 5.52 Å². The maximum atomic E-state index is 12.9. The lowest BCUT2D eigenvalue weighted by Gasteiger charge is -2.27. The van der Waals surface area contributed by atoms with E-state index in [9.17, 15) is 9.59 Å². The third-order valence-electron chi connectivity index (χ3n) is 5.61. The number of Topliss-reactive ketones (excluding diaryl/α,β-unsaturated/α-hetero) is 1. The Labute approximate surface area is 191 Å². The molecule has 2 N–H and O–H groups in total. The van der Waals surface area contributed by atoms with Gasteiger partial charge in [-0.3, -0.25) is 9.59 Å². The van der Waals surface area contributed by atoms with Crippen LogP contribution in [-0.2, 0) is 6.42 Å². The van der Waals surface area contributed by atoms with Gasteiger partial charge in [-0.05, 0) is 30.0 Å². The number of fused-ring (bicyclic) bond motifs is 1. The van der Waals surface area contributed by atoms with Crippen molar-refractivity contribution in [2.75, 3.05) is 0 Å². The first-order chi connectivity index (χ1) is 15.2. The monoisotopic (exact) mass is 446 g/mol. The molecule has 1 amide bonds. The predicted octanol–water partition coefficient (Wildman–Crippen LogP) is 5.28. The van der Waals surface area contributed by atoms with Crippen LogP contribution < -0.4 is 5.32 Å². The van der Waals surface area contributed by atoms with Crippen LogP contribution in [0.1, 0.15) is 53.3 Å². The number of benzene rings is 1. The standard InChI is InChI=1S/C25H26N4O2S/c1-15(25(2,3)4)28-24(31)17-13-26-23-22(17)29-18(14-27-23)20-10-11-21(32-20)19(30)12-16-8-6-5-7-9-16/h5-11,13-15H,12H2,1-4H3,(H,26,27)(H,28,31)/t15-/m0/s1. The van der Waals surface area contributed by atoms with Crippen molar-refractivity contribution >= 4 is 34.2 Å². The number of hydrogen-bond acceptors (Lipinski definition) is 5. The van der Waals surface area contributed by atoms with Crippen LogP contribution in [0.4, 0.5) is 0 Å². The minimum atomic E-state index is -0.185. The number of thiophene rings is 1. The lowest BCUT2D eigenvalue weighted by Crippen LogP contribution is -2.41. The third kappa shape index (κ3) is 4.62. The molecule has 0 aliphatic carbocycles. The number of H-pyrrole nitrogens is 1. The molecule has 3 heterocycles. The Morgan fingerprint density at radius 1 is 1.12 bits per heavy atom. The van der Waals surface area contributed by atoms with Crippen LogP contribution in [-0.4, -0.2) is 32.7 Å². The Morgan fingerprint density at radius 2 is 1.88 bits per heavy atom. The van der Waals surface area contributed by atoms with Crippen molar-refractivity contribution in [3.05, 3.63) is 70.9 Å². The molecule has 0 saturated carbocycles. The van der Waals surface area contributed by atoms with Gasteiger partial charge in [0.15, 0.2) is 11.4 Å².